The third kappa shape index (κ3) is 3.56. The molecule has 0 aliphatic rings. The van der Waals surface area contributed by atoms with Crippen molar-refractivity contribution < 1.29 is 0 Å². The zero-order chi connectivity index (χ0) is 14.7. The van der Waals surface area contributed by atoms with Gasteiger partial charge >= 0.3 is 0 Å². The van der Waals surface area contributed by atoms with Gasteiger partial charge < -0.3 is 5.32 Å². The van der Waals surface area contributed by atoms with Gasteiger partial charge in [0.2, 0.25) is 0 Å². The molecule has 3 nitrogen and oxygen atoms in total. The number of anilines is 1. The van der Waals surface area contributed by atoms with E-state index in [1.807, 2.05) is 19.2 Å². The zero-order valence-electron chi connectivity index (χ0n) is 12.9. The maximum atomic E-state index is 4.66. The van der Waals surface area contributed by atoms with Crippen molar-refractivity contribution in [2.45, 2.75) is 46.6 Å². The Kier molecular flexibility index (Phi) is 4.38. The lowest BCUT2D eigenvalue weighted by atomic mass is 10.0. The average Bonchev–Trinajstić information content (AvgIpc) is 2.37. The molecule has 2 aromatic rings. The van der Waals surface area contributed by atoms with Gasteiger partial charge in [0.15, 0.2) is 0 Å². The molecule has 0 amide bonds. The van der Waals surface area contributed by atoms with Gasteiger partial charge in [-0.25, -0.2) is 0 Å². The first-order chi connectivity index (χ1) is 9.45. The van der Waals surface area contributed by atoms with E-state index in [0.717, 1.165) is 22.8 Å². The fourth-order valence-electron chi connectivity index (χ4n) is 2.24. The summed E-state index contributed by atoms with van der Waals surface area (Å²) in [4.78, 5) is 8.87. The third-order valence-corrected chi connectivity index (χ3v) is 3.39. The highest BCUT2D eigenvalue weighted by Crippen LogP contribution is 2.22. The number of aromatic nitrogens is 2. The fourth-order valence-corrected chi connectivity index (χ4v) is 2.24. The Labute approximate surface area is 121 Å². The molecule has 1 unspecified atom stereocenters. The van der Waals surface area contributed by atoms with Crippen molar-refractivity contribution in [3.05, 3.63) is 53.1 Å². The lowest BCUT2D eigenvalue weighted by Gasteiger charge is -2.17. The van der Waals surface area contributed by atoms with Gasteiger partial charge in [-0.3, -0.25) is 9.97 Å². The van der Waals surface area contributed by atoms with Crippen molar-refractivity contribution in [3.8, 4) is 0 Å². The zero-order valence-corrected chi connectivity index (χ0v) is 12.9. The van der Waals surface area contributed by atoms with Crippen molar-refractivity contribution in [3.63, 3.8) is 0 Å². The molecule has 0 fully saturated rings. The second-order valence-corrected chi connectivity index (χ2v) is 5.67. The van der Waals surface area contributed by atoms with E-state index in [2.05, 4.69) is 61.2 Å². The molecule has 0 bridgehead atoms. The summed E-state index contributed by atoms with van der Waals surface area (Å²) in [5.74, 6) is 0.519. The van der Waals surface area contributed by atoms with Gasteiger partial charge in [-0.2, -0.15) is 0 Å². The number of rotatable bonds is 4. The van der Waals surface area contributed by atoms with Crippen LogP contribution in [0.4, 0.5) is 5.69 Å². The van der Waals surface area contributed by atoms with Crippen LogP contribution in [0.1, 0.15) is 55.4 Å². The summed E-state index contributed by atoms with van der Waals surface area (Å²) in [7, 11) is 0. The molecular formula is C17H23N3. The van der Waals surface area contributed by atoms with Crippen LogP contribution in [-0.4, -0.2) is 9.97 Å². The van der Waals surface area contributed by atoms with Gasteiger partial charge in [-0.1, -0.05) is 13.8 Å². The van der Waals surface area contributed by atoms with E-state index < -0.39 is 0 Å². The Balaban J connectivity index is 2.22. The van der Waals surface area contributed by atoms with E-state index in [1.165, 1.54) is 5.56 Å². The van der Waals surface area contributed by atoms with Crippen LogP contribution in [0, 0.1) is 13.8 Å². The van der Waals surface area contributed by atoms with Gasteiger partial charge in [-0.15, -0.1) is 0 Å². The molecule has 2 rings (SSSR count). The van der Waals surface area contributed by atoms with E-state index >= 15 is 0 Å². The predicted octanol–water partition coefficient (Wildman–Crippen LogP) is 4.39. The molecule has 1 N–H and O–H groups in total. The smallest absolute Gasteiger partial charge is 0.0657 e. The summed E-state index contributed by atoms with van der Waals surface area (Å²) in [6.07, 6.45) is 1.83. The highest BCUT2D eigenvalue weighted by Gasteiger charge is 2.10. The average molecular weight is 269 g/mol. The number of hydrogen-bond acceptors (Lipinski definition) is 3. The molecular weight excluding hydrogens is 246 g/mol. The quantitative estimate of drug-likeness (QED) is 0.894. The van der Waals surface area contributed by atoms with Crippen LogP contribution < -0.4 is 5.32 Å². The summed E-state index contributed by atoms with van der Waals surface area (Å²) in [5, 5.41) is 3.49. The van der Waals surface area contributed by atoms with Gasteiger partial charge in [-0.05, 0) is 56.5 Å². The summed E-state index contributed by atoms with van der Waals surface area (Å²) in [6, 6.07) is 8.58. The van der Waals surface area contributed by atoms with Gasteiger partial charge in [0.1, 0.15) is 0 Å². The maximum absolute atomic E-state index is 4.66. The first-order valence-electron chi connectivity index (χ1n) is 7.13. The summed E-state index contributed by atoms with van der Waals surface area (Å²) < 4.78 is 0. The minimum atomic E-state index is 0.175. The topological polar surface area (TPSA) is 37.8 Å². The Morgan fingerprint density at radius 1 is 1.00 bits per heavy atom. The van der Waals surface area contributed by atoms with E-state index in [1.54, 1.807) is 0 Å². The Bertz CT molecular complexity index is 591. The first-order valence-corrected chi connectivity index (χ1v) is 7.13. The van der Waals surface area contributed by atoms with Crippen molar-refractivity contribution in [1.29, 1.82) is 0 Å². The maximum Gasteiger partial charge on any atom is 0.0657 e. The van der Waals surface area contributed by atoms with Crippen molar-refractivity contribution >= 4 is 5.69 Å². The van der Waals surface area contributed by atoms with E-state index in [-0.39, 0.29) is 6.04 Å². The summed E-state index contributed by atoms with van der Waals surface area (Å²) in [5.41, 5.74) is 5.60. The molecule has 0 radical (unpaired) electrons. The minimum absolute atomic E-state index is 0.175. The highest BCUT2D eigenvalue weighted by molar-refractivity contribution is 5.45. The van der Waals surface area contributed by atoms with Crippen LogP contribution in [0.2, 0.25) is 0 Å². The van der Waals surface area contributed by atoms with Gasteiger partial charge in [0.05, 0.1) is 11.7 Å². The minimum Gasteiger partial charge on any atom is -0.377 e. The SMILES string of the molecule is Cc1cc(NC(C)c2cc(C(C)C)cc(C)n2)ccn1. The molecule has 0 saturated heterocycles. The van der Waals surface area contributed by atoms with E-state index in [9.17, 15) is 0 Å². The molecule has 0 saturated carbocycles. The van der Waals surface area contributed by atoms with Crippen LogP contribution in [0.15, 0.2) is 30.5 Å². The number of nitrogens with one attached hydrogen (secondary N) is 1. The van der Waals surface area contributed by atoms with E-state index in [0.29, 0.717) is 5.92 Å². The molecule has 2 heterocycles. The molecule has 3 heteroatoms. The lowest BCUT2D eigenvalue weighted by molar-refractivity contribution is 0.801. The second-order valence-electron chi connectivity index (χ2n) is 5.67. The summed E-state index contributed by atoms with van der Waals surface area (Å²) in [6.45, 7) is 10.6. The molecule has 0 spiro atoms. The number of aryl methyl sites for hydroxylation is 2. The second kappa shape index (κ2) is 6.04. The monoisotopic (exact) mass is 269 g/mol. The van der Waals surface area contributed by atoms with Crippen LogP contribution in [-0.2, 0) is 0 Å². The Hall–Kier alpha value is -1.90. The molecule has 0 aromatic carbocycles. The molecule has 106 valence electrons. The molecule has 2 aromatic heterocycles. The first kappa shape index (κ1) is 14.5. The Morgan fingerprint density at radius 3 is 2.40 bits per heavy atom. The van der Waals surface area contributed by atoms with Crippen molar-refractivity contribution in [2.75, 3.05) is 5.32 Å². The number of pyridine rings is 2. The molecule has 0 aliphatic heterocycles. The molecule has 0 aliphatic carbocycles. The van der Waals surface area contributed by atoms with Crippen LogP contribution >= 0.6 is 0 Å². The standard InChI is InChI=1S/C17H23N3/c1-11(2)15-8-13(4)19-17(10-15)14(5)20-16-6-7-18-12(3)9-16/h6-11,14H,1-5H3,(H,18,20). The van der Waals surface area contributed by atoms with Crippen LogP contribution in [0.3, 0.4) is 0 Å². The largest absolute Gasteiger partial charge is 0.377 e. The lowest BCUT2D eigenvalue weighted by Crippen LogP contribution is -2.10. The fraction of sp³-hybridized carbons (Fsp3) is 0.412. The van der Waals surface area contributed by atoms with Gasteiger partial charge in [0, 0.05) is 23.3 Å². The number of nitrogens with zero attached hydrogens (tertiary/aromatic N) is 2. The highest BCUT2D eigenvalue weighted by atomic mass is 14.9. The molecule has 20 heavy (non-hydrogen) atoms. The van der Waals surface area contributed by atoms with Crippen LogP contribution in [0.5, 0.6) is 0 Å². The predicted molar refractivity (Wildman–Crippen MR) is 84.1 cm³/mol. The van der Waals surface area contributed by atoms with E-state index in [4.69, 9.17) is 0 Å². The van der Waals surface area contributed by atoms with Gasteiger partial charge in [0.25, 0.3) is 0 Å². The van der Waals surface area contributed by atoms with Crippen molar-refractivity contribution in [1.82, 2.24) is 9.97 Å². The Morgan fingerprint density at radius 2 is 1.75 bits per heavy atom. The van der Waals surface area contributed by atoms with Crippen LogP contribution in [0.25, 0.3) is 0 Å². The number of hydrogen-bond donors (Lipinski definition) is 1. The molecule has 1 atom stereocenters. The normalized spacial score (nSPS) is 12.5. The summed E-state index contributed by atoms with van der Waals surface area (Å²) >= 11 is 0. The van der Waals surface area contributed by atoms with Crippen molar-refractivity contribution in [2.24, 2.45) is 0 Å². The third-order valence-electron chi connectivity index (χ3n) is 3.39.